The van der Waals surface area contributed by atoms with E-state index in [0.717, 1.165) is 18.5 Å². The van der Waals surface area contributed by atoms with E-state index in [1.54, 1.807) is 47.4 Å². The van der Waals surface area contributed by atoms with Crippen molar-refractivity contribution in [3.05, 3.63) is 42.7 Å². The second-order valence-corrected chi connectivity index (χ2v) is 5.91. The smallest absolute Gasteiger partial charge is 0.256 e. The zero-order valence-electron chi connectivity index (χ0n) is 13.6. The van der Waals surface area contributed by atoms with Crippen molar-refractivity contribution in [2.45, 2.75) is 25.0 Å². The fourth-order valence-electron chi connectivity index (χ4n) is 2.74. The summed E-state index contributed by atoms with van der Waals surface area (Å²) in [5.41, 5.74) is 1.26. The summed E-state index contributed by atoms with van der Waals surface area (Å²) in [7, 11) is 0. The zero-order valence-corrected chi connectivity index (χ0v) is 13.6. The largest absolute Gasteiger partial charge is 0.380 e. The van der Waals surface area contributed by atoms with Gasteiger partial charge in [0.05, 0.1) is 5.69 Å². The number of nitrogens with one attached hydrogen (secondary N) is 1. The number of amides is 2. The number of hydrogen-bond acceptors (Lipinski definition) is 5. The Bertz CT molecular complexity index is 724. The molecule has 8 nitrogen and oxygen atoms in total. The Balaban J connectivity index is 1.60. The van der Waals surface area contributed by atoms with Gasteiger partial charge in [0.25, 0.3) is 11.8 Å². The lowest BCUT2D eigenvalue weighted by atomic mass is 10.1. The maximum absolute atomic E-state index is 12.1. The second-order valence-electron chi connectivity index (χ2n) is 5.91. The maximum atomic E-state index is 12.1. The van der Waals surface area contributed by atoms with Gasteiger partial charge in [-0.25, -0.2) is 4.68 Å². The lowest BCUT2D eigenvalue weighted by Crippen LogP contribution is -2.48. The van der Waals surface area contributed by atoms with Gasteiger partial charge in [0.2, 0.25) is 0 Å². The fourth-order valence-corrected chi connectivity index (χ4v) is 2.74. The van der Waals surface area contributed by atoms with Crippen LogP contribution >= 0.6 is 0 Å². The first-order valence-corrected chi connectivity index (χ1v) is 8.12. The van der Waals surface area contributed by atoms with Crippen LogP contribution in [0.1, 0.15) is 12.8 Å². The van der Waals surface area contributed by atoms with Crippen molar-refractivity contribution < 1.29 is 19.8 Å². The number of carbonyl (C=O) groups excluding carboxylic acids is 2. The lowest BCUT2D eigenvalue weighted by molar-refractivity contribution is -0.150. The van der Waals surface area contributed by atoms with Crippen LogP contribution in [0.4, 0.5) is 5.69 Å². The first-order chi connectivity index (χ1) is 12.1. The first kappa shape index (κ1) is 17.1. The van der Waals surface area contributed by atoms with Crippen molar-refractivity contribution in [2.24, 2.45) is 0 Å². The molecule has 1 aliphatic rings. The Morgan fingerprint density at radius 2 is 1.76 bits per heavy atom. The van der Waals surface area contributed by atoms with Crippen LogP contribution in [0, 0.1) is 0 Å². The first-order valence-electron chi connectivity index (χ1n) is 8.12. The summed E-state index contributed by atoms with van der Waals surface area (Å²) in [4.78, 5) is 25.6. The number of benzene rings is 1. The molecule has 3 rings (SSSR count). The Kier molecular flexibility index (Phi) is 5.11. The molecule has 2 unspecified atom stereocenters. The van der Waals surface area contributed by atoms with Gasteiger partial charge in [0.15, 0.2) is 12.2 Å². The number of aromatic nitrogens is 2. The summed E-state index contributed by atoms with van der Waals surface area (Å²) < 4.78 is 1.67. The highest BCUT2D eigenvalue weighted by molar-refractivity contribution is 5.98. The fraction of sp³-hybridized carbons (Fsp3) is 0.353. The molecule has 0 saturated carbocycles. The molecule has 8 heteroatoms. The summed E-state index contributed by atoms with van der Waals surface area (Å²) in [6.07, 6.45) is 1.59. The number of rotatable bonds is 5. The molecule has 1 aliphatic heterocycles. The number of carbonyl (C=O) groups is 2. The second kappa shape index (κ2) is 7.45. The highest BCUT2D eigenvalue weighted by Gasteiger charge is 2.34. The van der Waals surface area contributed by atoms with Crippen LogP contribution in [0.5, 0.6) is 0 Å². The minimum absolute atomic E-state index is 0.445. The monoisotopic (exact) mass is 344 g/mol. The van der Waals surface area contributed by atoms with E-state index in [-0.39, 0.29) is 0 Å². The van der Waals surface area contributed by atoms with Crippen molar-refractivity contribution in [2.75, 3.05) is 18.4 Å². The highest BCUT2D eigenvalue weighted by atomic mass is 16.3. The summed E-state index contributed by atoms with van der Waals surface area (Å²) in [6.45, 7) is 1.08. The molecule has 0 spiro atoms. The third-order valence-electron chi connectivity index (χ3n) is 4.14. The van der Waals surface area contributed by atoms with Gasteiger partial charge in [-0.1, -0.05) is 0 Å². The number of hydrogen-bond donors (Lipinski definition) is 3. The van der Waals surface area contributed by atoms with E-state index in [1.807, 2.05) is 0 Å². The minimum Gasteiger partial charge on any atom is -0.380 e. The van der Waals surface area contributed by atoms with Gasteiger partial charge in [-0.3, -0.25) is 9.59 Å². The number of anilines is 1. The van der Waals surface area contributed by atoms with Gasteiger partial charge in [0, 0.05) is 31.2 Å². The normalized spacial score (nSPS) is 16.5. The van der Waals surface area contributed by atoms with Crippen LogP contribution in [-0.4, -0.2) is 62.0 Å². The summed E-state index contributed by atoms with van der Waals surface area (Å²) in [5, 5.41) is 26.5. The molecule has 2 atom stereocenters. The molecule has 2 heterocycles. The molecule has 0 aliphatic carbocycles. The molecule has 132 valence electrons. The Morgan fingerprint density at radius 1 is 1.08 bits per heavy atom. The Hall–Kier alpha value is -2.71. The van der Waals surface area contributed by atoms with E-state index in [4.69, 9.17) is 0 Å². The molecule has 1 saturated heterocycles. The van der Waals surface area contributed by atoms with Crippen molar-refractivity contribution >= 4 is 17.5 Å². The van der Waals surface area contributed by atoms with E-state index in [9.17, 15) is 19.8 Å². The molecule has 25 heavy (non-hydrogen) atoms. The SMILES string of the molecule is O=C(Nc1ccc(-n2cccn2)cc1)C(O)C(O)C(=O)N1CCCC1. The molecule has 0 radical (unpaired) electrons. The quantitative estimate of drug-likeness (QED) is 0.716. The van der Waals surface area contributed by atoms with Crippen LogP contribution in [0.15, 0.2) is 42.7 Å². The molecule has 1 aromatic heterocycles. The van der Waals surface area contributed by atoms with Crippen molar-refractivity contribution in [1.29, 1.82) is 0 Å². The van der Waals surface area contributed by atoms with Crippen LogP contribution in [-0.2, 0) is 9.59 Å². The Labute approximate surface area is 144 Å². The molecule has 2 aromatic rings. The molecular formula is C17H20N4O4. The molecule has 3 N–H and O–H groups in total. The number of likely N-dealkylation sites (tertiary alicyclic amines) is 1. The topological polar surface area (TPSA) is 108 Å². The molecule has 1 aromatic carbocycles. The third kappa shape index (κ3) is 3.86. The lowest BCUT2D eigenvalue weighted by Gasteiger charge is -2.22. The third-order valence-corrected chi connectivity index (χ3v) is 4.14. The standard InChI is InChI=1S/C17H20N4O4/c22-14(15(23)17(25)20-9-1-2-10-20)16(24)19-12-4-6-13(7-5-12)21-11-3-8-18-21/h3-8,11,14-15,22-23H,1-2,9-10H2,(H,19,24). The van der Waals surface area contributed by atoms with Gasteiger partial charge < -0.3 is 20.4 Å². The van der Waals surface area contributed by atoms with E-state index in [1.165, 1.54) is 4.90 Å². The van der Waals surface area contributed by atoms with E-state index >= 15 is 0 Å². The molecule has 0 bridgehead atoms. The molecular weight excluding hydrogens is 324 g/mol. The Morgan fingerprint density at radius 3 is 2.36 bits per heavy atom. The minimum atomic E-state index is -1.82. The van der Waals surface area contributed by atoms with Gasteiger partial charge in [-0.15, -0.1) is 0 Å². The van der Waals surface area contributed by atoms with Gasteiger partial charge in [-0.2, -0.15) is 5.10 Å². The summed E-state index contributed by atoms with van der Waals surface area (Å²) >= 11 is 0. The van der Waals surface area contributed by atoms with Crippen LogP contribution in [0.3, 0.4) is 0 Å². The van der Waals surface area contributed by atoms with Gasteiger partial charge in [0.1, 0.15) is 0 Å². The highest BCUT2D eigenvalue weighted by Crippen LogP contribution is 2.14. The van der Waals surface area contributed by atoms with Crippen molar-refractivity contribution in [3.8, 4) is 5.69 Å². The van der Waals surface area contributed by atoms with Gasteiger partial charge in [-0.05, 0) is 43.2 Å². The predicted octanol–water partition coefficient (Wildman–Crippen LogP) is 0.155. The molecule has 2 amide bonds. The van der Waals surface area contributed by atoms with Gasteiger partial charge >= 0.3 is 0 Å². The van der Waals surface area contributed by atoms with Crippen molar-refractivity contribution in [3.63, 3.8) is 0 Å². The van der Waals surface area contributed by atoms with Crippen molar-refractivity contribution in [1.82, 2.24) is 14.7 Å². The summed E-state index contributed by atoms with van der Waals surface area (Å²) in [6, 6.07) is 8.60. The number of nitrogens with zero attached hydrogens (tertiary/aromatic N) is 3. The maximum Gasteiger partial charge on any atom is 0.256 e. The van der Waals surface area contributed by atoms with Crippen LogP contribution in [0.2, 0.25) is 0 Å². The van der Waals surface area contributed by atoms with E-state index in [0.29, 0.717) is 18.8 Å². The van der Waals surface area contributed by atoms with E-state index in [2.05, 4.69) is 10.4 Å². The van der Waals surface area contributed by atoms with E-state index < -0.39 is 24.0 Å². The predicted molar refractivity (Wildman–Crippen MR) is 90.0 cm³/mol. The van der Waals surface area contributed by atoms with Crippen LogP contribution < -0.4 is 5.32 Å². The zero-order chi connectivity index (χ0) is 17.8. The average molecular weight is 344 g/mol. The number of aliphatic hydroxyl groups excluding tert-OH is 2. The summed E-state index contributed by atoms with van der Waals surface area (Å²) in [5.74, 6) is -1.44. The van der Waals surface area contributed by atoms with Crippen LogP contribution in [0.25, 0.3) is 5.69 Å². The molecule has 1 fully saturated rings. The number of aliphatic hydroxyl groups is 2. The average Bonchev–Trinajstić information content (AvgIpc) is 3.34.